The molecule has 0 fully saturated rings. The lowest BCUT2D eigenvalue weighted by Crippen LogP contribution is -2.42. The first-order valence-electron chi connectivity index (χ1n) is 5.17. The predicted octanol–water partition coefficient (Wildman–Crippen LogP) is 2.09. The number of ether oxygens (including phenoxy) is 1. The van der Waals surface area contributed by atoms with Crippen molar-refractivity contribution in [3.63, 3.8) is 0 Å². The van der Waals surface area contributed by atoms with E-state index in [1.165, 1.54) is 14.0 Å². The zero-order valence-electron chi connectivity index (χ0n) is 10.1. The molecule has 5 heteroatoms. The van der Waals surface area contributed by atoms with Gasteiger partial charge in [0.1, 0.15) is 0 Å². The number of carbonyl (C=O) groups excluding carboxylic acids is 1. The molecular weight excluding hydrogens is 286 g/mol. The van der Waals surface area contributed by atoms with E-state index >= 15 is 0 Å². The van der Waals surface area contributed by atoms with Crippen LogP contribution in [0.15, 0.2) is 22.7 Å². The van der Waals surface area contributed by atoms with Gasteiger partial charge in [-0.05, 0) is 31.5 Å². The molecule has 1 aromatic carbocycles. The molecule has 1 rings (SSSR count). The fourth-order valence-electron chi connectivity index (χ4n) is 1.27. The molecule has 0 radical (unpaired) electrons. The second kappa shape index (κ2) is 5.51. The van der Waals surface area contributed by atoms with Crippen LogP contribution in [0.1, 0.15) is 12.5 Å². The highest BCUT2D eigenvalue weighted by Crippen LogP contribution is 2.21. The number of anilines is 1. The van der Waals surface area contributed by atoms with Crippen molar-refractivity contribution in [1.82, 2.24) is 0 Å². The first-order valence-corrected chi connectivity index (χ1v) is 5.97. The molecule has 0 heterocycles. The first-order chi connectivity index (χ1) is 7.86. The average Bonchev–Trinajstić information content (AvgIpc) is 2.29. The summed E-state index contributed by atoms with van der Waals surface area (Å²) in [5, 5.41) is 12.8. The van der Waals surface area contributed by atoms with E-state index in [0.717, 1.165) is 15.7 Å². The summed E-state index contributed by atoms with van der Waals surface area (Å²) in [6.07, 6.45) is 0. The van der Waals surface area contributed by atoms with Crippen LogP contribution < -0.4 is 5.32 Å². The van der Waals surface area contributed by atoms with Gasteiger partial charge >= 0.3 is 5.97 Å². The van der Waals surface area contributed by atoms with Gasteiger partial charge in [-0.15, -0.1) is 0 Å². The minimum atomic E-state index is -1.54. The largest absolute Gasteiger partial charge is 0.467 e. The van der Waals surface area contributed by atoms with Crippen molar-refractivity contribution in [3.05, 3.63) is 28.2 Å². The van der Waals surface area contributed by atoms with E-state index in [-0.39, 0.29) is 6.54 Å². The molecule has 1 aromatic rings. The summed E-state index contributed by atoms with van der Waals surface area (Å²) in [5.41, 5.74) is 0.411. The third-order valence-corrected chi connectivity index (χ3v) is 3.29. The maximum absolute atomic E-state index is 11.3. The zero-order valence-corrected chi connectivity index (χ0v) is 11.7. The Kier molecular flexibility index (Phi) is 4.54. The highest BCUT2D eigenvalue weighted by atomic mass is 79.9. The second-order valence-corrected chi connectivity index (χ2v) is 4.94. The highest BCUT2D eigenvalue weighted by molar-refractivity contribution is 9.10. The number of benzene rings is 1. The molecule has 17 heavy (non-hydrogen) atoms. The summed E-state index contributed by atoms with van der Waals surface area (Å²) in [4.78, 5) is 11.3. The molecule has 0 aromatic heterocycles. The number of carbonyl (C=O) groups is 1. The number of aryl methyl sites for hydroxylation is 1. The lowest BCUT2D eigenvalue weighted by molar-refractivity contribution is -0.158. The molecule has 2 N–H and O–H groups in total. The average molecular weight is 302 g/mol. The van der Waals surface area contributed by atoms with Gasteiger partial charge in [-0.3, -0.25) is 0 Å². The molecule has 0 aliphatic rings. The van der Waals surface area contributed by atoms with Gasteiger partial charge in [0.25, 0.3) is 0 Å². The maximum atomic E-state index is 11.3. The van der Waals surface area contributed by atoms with Gasteiger partial charge in [0.15, 0.2) is 5.60 Å². The van der Waals surface area contributed by atoms with Crippen molar-refractivity contribution in [2.75, 3.05) is 19.0 Å². The molecular formula is C12H16BrNO3. The first kappa shape index (κ1) is 14.0. The monoisotopic (exact) mass is 301 g/mol. The zero-order chi connectivity index (χ0) is 13.1. The van der Waals surface area contributed by atoms with Crippen LogP contribution in [0.3, 0.4) is 0 Å². The van der Waals surface area contributed by atoms with E-state index in [4.69, 9.17) is 0 Å². The molecule has 0 spiro atoms. The Labute approximate surface area is 109 Å². The number of rotatable bonds is 4. The van der Waals surface area contributed by atoms with E-state index in [9.17, 15) is 9.90 Å². The Morgan fingerprint density at radius 2 is 2.24 bits per heavy atom. The van der Waals surface area contributed by atoms with Crippen LogP contribution in [0.4, 0.5) is 5.69 Å². The Bertz CT molecular complexity index is 418. The van der Waals surface area contributed by atoms with E-state index in [0.29, 0.717) is 0 Å². The maximum Gasteiger partial charge on any atom is 0.339 e. The molecule has 94 valence electrons. The molecule has 4 nitrogen and oxygen atoms in total. The van der Waals surface area contributed by atoms with Crippen LogP contribution in [0, 0.1) is 6.92 Å². The number of nitrogens with one attached hydrogen (secondary N) is 1. The van der Waals surface area contributed by atoms with Gasteiger partial charge < -0.3 is 15.2 Å². The Hall–Kier alpha value is -1.07. The summed E-state index contributed by atoms with van der Waals surface area (Å²) in [6, 6.07) is 5.72. The summed E-state index contributed by atoms with van der Waals surface area (Å²) in [5.74, 6) is -0.656. The number of esters is 1. The van der Waals surface area contributed by atoms with Crippen LogP contribution in [0.2, 0.25) is 0 Å². The normalized spacial score (nSPS) is 13.9. The quantitative estimate of drug-likeness (QED) is 0.836. The summed E-state index contributed by atoms with van der Waals surface area (Å²) in [6.45, 7) is 3.49. The number of hydrogen-bond donors (Lipinski definition) is 2. The molecule has 0 saturated carbocycles. The van der Waals surface area contributed by atoms with Crippen LogP contribution in [-0.2, 0) is 9.53 Å². The van der Waals surface area contributed by atoms with Gasteiger partial charge in [-0.25, -0.2) is 4.79 Å². The molecule has 0 aliphatic carbocycles. The van der Waals surface area contributed by atoms with Crippen LogP contribution in [0.25, 0.3) is 0 Å². The summed E-state index contributed by atoms with van der Waals surface area (Å²) < 4.78 is 5.48. The lowest BCUT2D eigenvalue weighted by atomic mass is 10.1. The van der Waals surface area contributed by atoms with Crippen LogP contribution in [0.5, 0.6) is 0 Å². The van der Waals surface area contributed by atoms with E-state index in [1.807, 2.05) is 25.1 Å². The van der Waals surface area contributed by atoms with Crippen molar-refractivity contribution in [2.45, 2.75) is 19.4 Å². The van der Waals surface area contributed by atoms with Crippen LogP contribution in [-0.4, -0.2) is 30.3 Å². The smallest absolute Gasteiger partial charge is 0.339 e. The van der Waals surface area contributed by atoms with Gasteiger partial charge in [-0.2, -0.15) is 0 Å². The third kappa shape index (κ3) is 3.71. The van der Waals surface area contributed by atoms with Gasteiger partial charge in [0, 0.05) is 10.2 Å². The van der Waals surface area contributed by atoms with Crippen molar-refractivity contribution in [1.29, 1.82) is 0 Å². The number of methoxy groups -OCH3 is 1. The number of aliphatic hydroxyl groups is 1. The standard InChI is InChI=1S/C12H16BrNO3/c1-8-4-5-9(6-10(8)13)14-7-12(2,16)11(15)17-3/h4-6,14,16H,7H2,1-3H3. The lowest BCUT2D eigenvalue weighted by Gasteiger charge is -2.21. The van der Waals surface area contributed by atoms with E-state index in [2.05, 4.69) is 26.0 Å². The predicted molar refractivity (Wildman–Crippen MR) is 70.0 cm³/mol. The van der Waals surface area contributed by atoms with Crippen molar-refractivity contribution < 1.29 is 14.6 Å². The van der Waals surface area contributed by atoms with Crippen LogP contribution >= 0.6 is 15.9 Å². The van der Waals surface area contributed by atoms with E-state index in [1.54, 1.807) is 0 Å². The topological polar surface area (TPSA) is 58.6 Å². The van der Waals surface area contributed by atoms with Crippen molar-refractivity contribution >= 4 is 27.6 Å². The van der Waals surface area contributed by atoms with Crippen molar-refractivity contribution in [3.8, 4) is 0 Å². The number of halogens is 1. The Balaban J connectivity index is 2.67. The summed E-state index contributed by atoms with van der Waals surface area (Å²) in [7, 11) is 1.25. The minimum absolute atomic E-state index is 0.0924. The third-order valence-electron chi connectivity index (χ3n) is 2.43. The van der Waals surface area contributed by atoms with Gasteiger partial charge in [0.05, 0.1) is 13.7 Å². The SMILES string of the molecule is COC(=O)C(C)(O)CNc1ccc(C)c(Br)c1. The fourth-order valence-corrected chi connectivity index (χ4v) is 1.65. The van der Waals surface area contributed by atoms with Crippen molar-refractivity contribution in [2.24, 2.45) is 0 Å². The molecule has 0 amide bonds. The fraction of sp³-hybridized carbons (Fsp3) is 0.417. The molecule has 1 unspecified atom stereocenters. The molecule has 1 atom stereocenters. The second-order valence-electron chi connectivity index (χ2n) is 4.08. The molecule has 0 bridgehead atoms. The Morgan fingerprint density at radius 1 is 1.59 bits per heavy atom. The molecule has 0 saturated heterocycles. The Morgan fingerprint density at radius 3 is 2.76 bits per heavy atom. The molecule has 0 aliphatic heterocycles. The van der Waals surface area contributed by atoms with Gasteiger partial charge in [-0.1, -0.05) is 22.0 Å². The van der Waals surface area contributed by atoms with Gasteiger partial charge in [0.2, 0.25) is 0 Å². The van der Waals surface area contributed by atoms with E-state index < -0.39 is 11.6 Å². The number of hydrogen-bond acceptors (Lipinski definition) is 4. The highest BCUT2D eigenvalue weighted by Gasteiger charge is 2.31. The minimum Gasteiger partial charge on any atom is -0.467 e. The summed E-state index contributed by atoms with van der Waals surface area (Å²) >= 11 is 3.41.